The highest BCUT2D eigenvalue weighted by molar-refractivity contribution is 5.95. The van der Waals surface area contributed by atoms with E-state index in [2.05, 4.69) is 0 Å². The van der Waals surface area contributed by atoms with Crippen LogP contribution < -0.4 is 17.3 Å². The van der Waals surface area contributed by atoms with Crippen LogP contribution >= 0.6 is 0 Å². The van der Waals surface area contributed by atoms with E-state index in [0.29, 0.717) is 5.69 Å². The molecular weight excluding hydrogens is 196 g/mol. The van der Waals surface area contributed by atoms with Gasteiger partial charge in [-0.3, -0.25) is 11.6 Å². The summed E-state index contributed by atoms with van der Waals surface area (Å²) in [4.78, 5) is 11.5. The molecule has 0 aliphatic heterocycles. The maximum atomic E-state index is 11.5. The van der Waals surface area contributed by atoms with Crippen molar-refractivity contribution in [3.8, 4) is 0 Å². The third-order valence-corrected chi connectivity index (χ3v) is 1.81. The van der Waals surface area contributed by atoms with Crippen molar-refractivity contribution in [3.05, 3.63) is 29.8 Å². The number of nitrogens with zero attached hydrogens (tertiary/aromatic N) is 1. The maximum Gasteiger partial charge on any atom is 0.342 e. The largest absolute Gasteiger partial charge is 0.428 e. The number of ether oxygens (including phenoxy) is 1. The van der Waals surface area contributed by atoms with E-state index in [1.165, 1.54) is 7.05 Å². The van der Waals surface area contributed by atoms with Crippen LogP contribution in [0.15, 0.2) is 24.3 Å². The Kier molecular flexibility index (Phi) is 3.62. The zero-order valence-electron chi connectivity index (χ0n) is 8.38. The van der Waals surface area contributed by atoms with Gasteiger partial charge in [-0.25, -0.2) is 4.79 Å². The van der Waals surface area contributed by atoms with E-state index < -0.39 is 12.3 Å². The molecule has 0 fully saturated rings. The molecule has 1 atom stereocenters. The van der Waals surface area contributed by atoms with Crippen LogP contribution in [-0.2, 0) is 4.74 Å². The topological polar surface area (TPSA) is 108 Å². The molecule has 0 spiro atoms. The number of hydrogen-bond donors (Lipinski definition) is 3. The zero-order valence-corrected chi connectivity index (χ0v) is 8.38. The number of anilines is 1. The first-order chi connectivity index (χ1) is 7.02. The van der Waals surface area contributed by atoms with Crippen molar-refractivity contribution in [2.45, 2.75) is 6.35 Å². The van der Waals surface area contributed by atoms with Crippen LogP contribution in [0.1, 0.15) is 10.4 Å². The summed E-state index contributed by atoms with van der Waals surface area (Å²) < 4.78 is 4.84. The van der Waals surface area contributed by atoms with Crippen molar-refractivity contribution in [2.24, 2.45) is 11.6 Å². The van der Waals surface area contributed by atoms with Gasteiger partial charge in [0.2, 0.25) is 6.35 Å². The number of hydrazine groups is 1. The van der Waals surface area contributed by atoms with Gasteiger partial charge in [0, 0.05) is 12.7 Å². The fourth-order valence-corrected chi connectivity index (χ4v) is 0.939. The van der Waals surface area contributed by atoms with Crippen LogP contribution in [-0.4, -0.2) is 24.4 Å². The van der Waals surface area contributed by atoms with E-state index in [9.17, 15) is 4.79 Å². The Morgan fingerprint density at radius 1 is 1.47 bits per heavy atom. The van der Waals surface area contributed by atoms with Crippen molar-refractivity contribution in [1.29, 1.82) is 0 Å². The van der Waals surface area contributed by atoms with Crippen LogP contribution in [0.5, 0.6) is 0 Å². The van der Waals surface area contributed by atoms with E-state index in [1.807, 2.05) is 0 Å². The van der Waals surface area contributed by atoms with Gasteiger partial charge in [-0.2, -0.15) is 5.01 Å². The van der Waals surface area contributed by atoms with Gasteiger partial charge >= 0.3 is 5.97 Å². The van der Waals surface area contributed by atoms with Crippen molar-refractivity contribution in [2.75, 3.05) is 12.8 Å². The molecule has 0 saturated carbocycles. The number of esters is 1. The molecule has 0 saturated heterocycles. The smallest absolute Gasteiger partial charge is 0.342 e. The quantitative estimate of drug-likeness (QED) is 0.203. The lowest BCUT2D eigenvalue weighted by molar-refractivity contribution is -0.0201. The Morgan fingerprint density at radius 3 is 2.60 bits per heavy atom. The molecular formula is C9H14N4O2. The lowest BCUT2D eigenvalue weighted by Gasteiger charge is -2.19. The first-order valence-electron chi connectivity index (χ1n) is 4.31. The van der Waals surface area contributed by atoms with Gasteiger partial charge in [-0.15, -0.1) is 0 Å². The Balaban J connectivity index is 2.74. The minimum atomic E-state index is -0.989. The second-order valence-corrected chi connectivity index (χ2v) is 3.05. The van der Waals surface area contributed by atoms with Gasteiger partial charge in [0.15, 0.2) is 0 Å². The summed E-state index contributed by atoms with van der Waals surface area (Å²) in [5, 5.41) is 1.08. The van der Waals surface area contributed by atoms with Gasteiger partial charge in [-0.05, 0) is 12.1 Å². The molecule has 15 heavy (non-hydrogen) atoms. The molecule has 0 aliphatic carbocycles. The maximum absolute atomic E-state index is 11.5. The van der Waals surface area contributed by atoms with E-state index in [0.717, 1.165) is 5.01 Å². The van der Waals surface area contributed by atoms with Crippen LogP contribution in [0, 0.1) is 0 Å². The van der Waals surface area contributed by atoms with Gasteiger partial charge in [0.25, 0.3) is 0 Å². The first kappa shape index (κ1) is 11.4. The molecule has 82 valence electrons. The van der Waals surface area contributed by atoms with E-state index in [1.54, 1.807) is 24.3 Å². The zero-order chi connectivity index (χ0) is 11.4. The first-order valence-corrected chi connectivity index (χ1v) is 4.31. The van der Waals surface area contributed by atoms with Gasteiger partial charge < -0.3 is 10.5 Å². The van der Waals surface area contributed by atoms with E-state index in [-0.39, 0.29) is 5.56 Å². The predicted molar refractivity (Wildman–Crippen MR) is 56.2 cm³/mol. The van der Waals surface area contributed by atoms with Crippen molar-refractivity contribution >= 4 is 11.7 Å². The molecule has 1 aromatic rings. The second-order valence-electron chi connectivity index (χ2n) is 3.05. The highest BCUT2D eigenvalue weighted by atomic mass is 16.6. The fourth-order valence-electron chi connectivity index (χ4n) is 0.939. The predicted octanol–water partition coefficient (Wildman–Crippen LogP) is -0.527. The van der Waals surface area contributed by atoms with Crippen molar-refractivity contribution in [1.82, 2.24) is 5.01 Å². The van der Waals surface area contributed by atoms with Crippen LogP contribution in [0.25, 0.3) is 0 Å². The van der Waals surface area contributed by atoms with Crippen molar-refractivity contribution in [3.63, 3.8) is 0 Å². The number of carbonyl (C=O) groups is 1. The van der Waals surface area contributed by atoms with Crippen LogP contribution in [0.2, 0.25) is 0 Å². The van der Waals surface area contributed by atoms with E-state index in [4.69, 9.17) is 22.0 Å². The Bertz CT molecular complexity index is 354. The van der Waals surface area contributed by atoms with Gasteiger partial charge in [0.05, 0.1) is 5.56 Å². The molecule has 6 heteroatoms. The lowest BCUT2D eigenvalue weighted by atomic mass is 10.2. The molecule has 0 aliphatic rings. The second kappa shape index (κ2) is 4.74. The average molecular weight is 210 g/mol. The summed E-state index contributed by atoms with van der Waals surface area (Å²) in [7, 11) is 1.49. The minimum Gasteiger partial charge on any atom is -0.428 e. The fraction of sp³-hybridized carbons (Fsp3) is 0.222. The molecule has 0 radical (unpaired) electrons. The van der Waals surface area contributed by atoms with Crippen molar-refractivity contribution < 1.29 is 9.53 Å². The summed E-state index contributed by atoms with van der Waals surface area (Å²) in [5.74, 6) is 4.70. The van der Waals surface area contributed by atoms with Gasteiger partial charge in [-0.1, -0.05) is 12.1 Å². The SMILES string of the molecule is CN(N)C(N)OC(=O)c1ccccc1N. The molecule has 0 aromatic heterocycles. The number of para-hydroxylation sites is 1. The van der Waals surface area contributed by atoms with Gasteiger partial charge in [0.1, 0.15) is 0 Å². The molecule has 1 rings (SSSR count). The molecule has 0 bridgehead atoms. The summed E-state index contributed by atoms with van der Waals surface area (Å²) in [6.45, 7) is 0. The standard InChI is InChI=1S/C9H14N4O2/c1-13(12)9(11)15-8(14)6-4-2-3-5-7(6)10/h2-5,9H,10-12H2,1H3. The monoisotopic (exact) mass is 210 g/mol. The van der Waals surface area contributed by atoms with Crippen LogP contribution in [0.4, 0.5) is 5.69 Å². The molecule has 0 amide bonds. The highest BCUT2D eigenvalue weighted by Crippen LogP contribution is 2.12. The number of benzene rings is 1. The average Bonchev–Trinajstić information content (AvgIpc) is 2.18. The normalized spacial score (nSPS) is 12.5. The molecule has 6 nitrogen and oxygen atoms in total. The molecule has 6 N–H and O–H groups in total. The summed E-state index contributed by atoms with van der Waals surface area (Å²) in [6.07, 6.45) is -0.989. The Hall–Kier alpha value is -1.63. The molecule has 1 aromatic carbocycles. The van der Waals surface area contributed by atoms with E-state index >= 15 is 0 Å². The molecule has 1 unspecified atom stereocenters. The Labute approximate surface area is 87.6 Å². The number of carbonyl (C=O) groups excluding carboxylic acids is 1. The number of hydrogen-bond acceptors (Lipinski definition) is 6. The lowest BCUT2D eigenvalue weighted by Crippen LogP contribution is -2.46. The summed E-state index contributed by atoms with van der Waals surface area (Å²) in [5.41, 5.74) is 11.6. The summed E-state index contributed by atoms with van der Waals surface area (Å²) in [6, 6.07) is 6.57. The summed E-state index contributed by atoms with van der Waals surface area (Å²) >= 11 is 0. The third-order valence-electron chi connectivity index (χ3n) is 1.81. The number of nitrogens with two attached hydrogens (primary N) is 3. The third kappa shape index (κ3) is 2.91. The Morgan fingerprint density at radius 2 is 2.07 bits per heavy atom. The minimum absolute atomic E-state index is 0.273. The molecule has 0 heterocycles. The highest BCUT2D eigenvalue weighted by Gasteiger charge is 2.15. The number of rotatable bonds is 3. The number of nitrogen functional groups attached to an aromatic ring is 1. The van der Waals surface area contributed by atoms with Crippen LogP contribution in [0.3, 0.4) is 0 Å².